The van der Waals surface area contributed by atoms with Crippen molar-refractivity contribution in [1.82, 2.24) is 9.46 Å². The summed E-state index contributed by atoms with van der Waals surface area (Å²) in [6.07, 6.45) is 4.20. The second kappa shape index (κ2) is 10.3. The van der Waals surface area contributed by atoms with Crippen molar-refractivity contribution in [2.45, 2.75) is 38.5 Å². The summed E-state index contributed by atoms with van der Waals surface area (Å²) in [6.45, 7) is 5.58. The molecule has 7 nitrogen and oxygen atoms in total. The lowest BCUT2D eigenvalue weighted by Gasteiger charge is -2.31. The first kappa shape index (κ1) is 25.7. The zero-order valence-corrected chi connectivity index (χ0v) is 21.0. The van der Waals surface area contributed by atoms with Crippen LogP contribution in [0.25, 0.3) is 12.2 Å². The van der Waals surface area contributed by atoms with Crippen LogP contribution >= 0.6 is 0 Å². The molecule has 0 radical (unpaired) electrons. The van der Waals surface area contributed by atoms with E-state index in [-0.39, 0.29) is 35.1 Å². The highest BCUT2D eigenvalue weighted by atomic mass is 32.2. The maximum Gasteiger partial charge on any atom is 0.248 e. The molecule has 3 aromatic rings. The number of rotatable bonds is 6. The molecule has 36 heavy (non-hydrogen) atoms. The van der Waals surface area contributed by atoms with Gasteiger partial charge in [0.05, 0.1) is 11.6 Å². The number of amides is 1. The third-order valence-electron chi connectivity index (χ3n) is 6.22. The van der Waals surface area contributed by atoms with E-state index in [0.717, 1.165) is 34.9 Å². The van der Waals surface area contributed by atoms with Crippen LogP contribution in [0, 0.1) is 38.3 Å². The van der Waals surface area contributed by atoms with Gasteiger partial charge in [0.2, 0.25) is 15.9 Å². The first-order valence-corrected chi connectivity index (χ1v) is 13.0. The van der Waals surface area contributed by atoms with E-state index in [0.29, 0.717) is 12.8 Å². The van der Waals surface area contributed by atoms with Gasteiger partial charge >= 0.3 is 0 Å². The number of piperidine rings is 1. The van der Waals surface area contributed by atoms with Gasteiger partial charge in [-0.15, -0.1) is 0 Å². The highest BCUT2D eigenvalue weighted by Gasteiger charge is 2.37. The Labute approximate surface area is 208 Å². The van der Waals surface area contributed by atoms with Gasteiger partial charge in [0.15, 0.2) is 10.7 Å². The summed E-state index contributed by atoms with van der Waals surface area (Å²) in [5, 5.41) is 6.25. The number of carbonyl (C=O) groups is 1. The molecule has 0 saturated carbocycles. The molecule has 1 aliphatic rings. The first-order chi connectivity index (χ1) is 17.1. The molecule has 10 heteroatoms. The number of nitrogens with zero attached hydrogens (tertiary/aromatic N) is 2. The molecule has 1 atom stereocenters. The number of hydrogen-bond acceptors (Lipinski definition) is 5. The van der Waals surface area contributed by atoms with Gasteiger partial charge in [-0.3, -0.25) is 4.79 Å². The van der Waals surface area contributed by atoms with Crippen LogP contribution in [0.15, 0.2) is 45.8 Å². The van der Waals surface area contributed by atoms with E-state index in [2.05, 4.69) is 10.5 Å². The lowest BCUT2D eigenvalue weighted by Crippen LogP contribution is -2.44. The number of halogens is 2. The van der Waals surface area contributed by atoms with E-state index in [1.165, 1.54) is 4.31 Å². The molecule has 1 aliphatic heterocycles. The Hall–Kier alpha value is -3.37. The summed E-state index contributed by atoms with van der Waals surface area (Å²) in [5.74, 6) is -2.67. The molecule has 0 spiro atoms. The van der Waals surface area contributed by atoms with Gasteiger partial charge in [0, 0.05) is 19.2 Å². The fourth-order valence-electron chi connectivity index (χ4n) is 4.24. The third-order valence-corrected chi connectivity index (χ3v) is 8.25. The quantitative estimate of drug-likeness (QED) is 0.494. The number of sulfonamides is 1. The van der Waals surface area contributed by atoms with Crippen LogP contribution in [0.2, 0.25) is 0 Å². The van der Waals surface area contributed by atoms with Crippen LogP contribution in [-0.2, 0) is 14.8 Å². The summed E-state index contributed by atoms with van der Waals surface area (Å²) in [5.41, 5.74) is 2.94. The molecule has 1 saturated heterocycles. The molecule has 0 aliphatic carbocycles. The van der Waals surface area contributed by atoms with E-state index < -0.39 is 33.5 Å². The zero-order chi connectivity index (χ0) is 26.0. The second-order valence-corrected chi connectivity index (χ2v) is 10.8. The van der Waals surface area contributed by atoms with E-state index in [1.807, 2.05) is 32.0 Å². The average Bonchev–Trinajstić information content (AvgIpc) is 3.23. The number of nitrogens with one attached hydrogen (secondary N) is 1. The average molecular weight is 516 g/mol. The summed E-state index contributed by atoms with van der Waals surface area (Å²) in [6, 6.07) is 8.72. The predicted molar refractivity (Wildman–Crippen MR) is 133 cm³/mol. The highest BCUT2D eigenvalue weighted by molar-refractivity contribution is 7.89. The SMILES string of the molecule is Cc1ccc(C)c(C=Cc2onc(C)c2S(=O)(=O)N2CCCC(C(=O)Nc3cc(F)ccc3F)C2)c1. The molecule has 1 N–H and O–H groups in total. The van der Waals surface area contributed by atoms with Gasteiger partial charge in [0.25, 0.3) is 0 Å². The fourth-order valence-corrected chi connectivity index (χ4v) is 6.01. The van der Waals surface area contributed by atoms with Gasteiger partial charge in [-0.25, -0.2) is 17.2 Å². The maximum absolute atomic E-state index is 14.0. The van der Waals surface area contributed by atoms with Crippen molar-refractivity contribution in [2.75, 3.05) is 18.4 Å². The minimum absolute atomic E-state index is 0.0544. The number of aromatic nitrogens is 1. The Bertz CT molecular complexity index is 1430. The van der Waals surface area contributed by atoms with Crippen LogP contribution < -0.4 is 5.32 Å². The summed E-state index contributed by atoms with van der Waals surface area (Å²) < 4.78 is 61.2. The monoisotopic (exact) mass is 515 g/mol. The second-order valence-electron chi connectivity index (χ2n) is 8.97. The Morgan fingerprint density at radius 3 is 2.69 bits per heavy atom. The van der Waals surface area contributed by atoms with E-state index in [9.17, 15) is 22.0 Å². The van der Waals surface area contributed by atoms with Crippen LogP contribution in [0.3, 0.4) is 0 Å². The van der Waals surface area contributed by atoms with Crippen molar-refractivity contribution in [3.63, 3.8) is 0 Å². The van der Waals surface area contributed by atoms with E-state index in [4.69, 9.17) is 4.52 Å². The smallest absolute Gasteiger partial charge is 0.248 e. The number of hydrogen-bond donors (Lipinski definition) is 1. The lowest BCUT2D eigenvalue weighted by atomic mass is 9.98. The van der Waals surface area contributed by atoms with Crippen molar-refractivity contribution in [1.29, 1.82) is 0 Å². The van der Waals surface area contributed by atoms with Crippen molar-refractivity contribution >= 4 is 33.8 Å². The Balaban J connectivity index is 1.56. The highest BCUT2D eigenvalue weighted by Crippen LogP contribution is 2.30. The van der Waals surface area contributed by atoms with E-state index >= 15 is 0 Å². The van der Waals surface area contributed by atoms with Gasteiger partial charge in [-0.1, -0.05) is 35.0 Å². The molecule has 190 valence electrons. The van der Waals surface area contributed by atoms with Gasteiger partial charge in [-0.2, -0.15) is 4.31 Å². The van der Waals surface area contributed by atoms with Gasteiger partial charge in [0.1, 0.15) is 17.3 Å². The molecule has 0 bridgehead atoms. The molecule has 1 amide bonds. The number of anilines is 1. The zero-order valence-electron chi connectivity index (χ0n) is 20.2. The Kier molecular flexibility index (Phi) is 7.37. The normalized spacial score (nSPS) is 17.0. The molecule has 2 heterocycles. The minimum atomic E-state index is -4.05. The molecular weight excluding hydrogens is 488 g/mol. The van der Waals surface area contributed by atoms with Crippen molar-refractivity contribution in [2.24, 2.45) is 5.92 Å². The number of benzene rings is 2. The Morgan fingerprint density at radius 2 is 1.92 bits per heavy atom. The van der Waals surface area contributed by atoms with Crippen LogP contribution in [0.1, 0.15) is 41.0 Å². The summed E-state index contributed by atoms with van der Waals surface area (Å²) >= 11 is 0. The molecule has 1 fully saturated rings. The predicted octanol–water partition coefficient (Wildman–Crippen LogP) is 5.09. The van der Waals surface area contributed by atoms with Crippen LogP contribution in [0.5, 0.6) is 0 Å². The lowest BCUT2D eigenvalue weighted by molar-refractivity contribution is -0.120. The molecule has 1 aromatic heterocycles. The summed E-state index contributed by atoms with van der Waals surface area (Å²) in [4.78, 5) is 12.7. The van der Waals surface area contributed by atoms with E-state index in [1.54, 1.807) is 19.1 Å². The molecule has 4 rings (SSSR count). The number of aryl methyl sites for hydroxylation is 3. The maximum atomic E-state index is 14.0. The summed E-state index contributed by atoms with van der Waals surface area (Å²) in [7, 11) is -4.05. The first-order valence-electron chi connectivity index (χ1n) is 11.5. The van der Waals surface area contributed by atoms with Crippen molar-refractivity contribution in [3.8, 4) is 0 Å². The standard InChI is InChI=1S/C26H27F2N3O4S/c1-16-6-7-17(2)19(13-16)8-11-24-25(18(3)30-35-24)36(33,34)31-12-4-5-20(15-31)26(32)29-23-14-21(27)9-10-22(23)28/h6-11,13-14,20H,4-5,12,15H2,1-3H3,(H,29,32). The van der Waals surface area contributed by atoms with Crippen molar-refractivity contribution < 1.29 is 26.5 Å². The van der Waals surface area contributed by atoms with Crippen LogP contribution in [0.4, 0.5) is 14.5 Å². The Morgan fingerprint density at radius 1 is 1.14 bits per heavy atom. The van der Waals surface area contributed by atoms with Gasteiger partial charge < -0.3 is 9.84 Å². The third kappa shape index (κ3) is 5.39. The topological polar surface area (TPSA) is 92.5 Å². The minimum Gasteiger partial charge on any atom is -0.355 e. The largest absolute Gasteiger partial charge is 0.355 e. The molecule has 1 unspecified atom stereocenters. The van der Waals surface area contributed by atoms with Gasteiger partial charge in [-0.05, 0) is 62.9 Å². The molecular formula is C26H27F2N3O4S. The van der Waals surface area contributed by atoms with Crippen molar-refractivity contribution in [3.05, 3.63) is 76.2 Å². The van der Waals surface area contributed by atoms with Crippen LogP contribution in [-0.4, -0.2) is 36.9 Å². The number of carbonyl (C=O) groups excluding carboxylic acids is 1. The molecule has 2 aromatic carbocycles. The fraction of sp³-hybridized carbons (Fsp3) is 0.308.